The predicted octanol–water partition coefficient (Wildman–Crippen LogP) is 3.63. The fourth-order valence-electron chi connectivity index (χ4n) is 3.25. The second-order valence-corrected chi connectivity index (χ2v) is 9.57. The van der Waals surface area contributed by atoms with Gasteiger partial charge in [0.05, 0.1) is 17.8 Å². The highest BCUT2D eigenvalue weighted by molar-refractivity contribution is 7.88. The molecule has 0 radical (unpaired) electrons. The second kappa shape index (κ2) is 10.7. The highest BCUT2D eigenvalue weighted by atomic mass is 35.5. The van der Waals surface area contributed by atoms with Gasteiger partial charge in [0.25, 0.3) is 0 Å². The van der Waals surface area contributed by atoms with Crippen LogP contribution in [0, 0.1) is 5.82 Å². The molecule has 0 aliphatic rings. The van der Waals surface area contributed by atoms with Crippen molar-refractivity contribution >= 4 is 44.1 Å². The number of halogens is 2. The number of fused-ring (bicyclic) bond motifs is 1. The summed E-state index contributed by atoms with van der Waals surface area (Å²) in [5.41, 5.74) is 2.23. The number of carbonyl (C=O) groups is 1. The monoisotopic (exact) mass is 478 g/mol. The van der Waals surface area contributed by atoms with Crippen molar-refractivity contribution < 1.29 is 17.6 Å². The number of benzene rings is 2. The lowest BCUT2D eigenvalue weighted by Gasteiger charge is -2.18. The maximum absolute atomic E-state index is 13.2. The van der Waals surface area contributed by atoms with E-state index < -0.39 is 21.9 Å². The van der Waals surface area contributed by atoms with Gasteiger partial charge in [0, 0.05) is 41.8 Å². The molecule has 10 heteroatoms. The molecular weight excluding hydrogens is 455 g/mol. The Kier molecular flexibility index (Phi) is 8.00. The van der Waals surface area contributed by atoms with E-state index in [-0.39, 0.29) is 12.3 Å². The Morgan fingerprint density at radius 3 is 2.59 bits per heavy atom. The summed E-state index contributed by atoms with van der Waals surface area (Å²) in [5, 5.41) is 7.69. The average Bonchev–Trinajstić information content (AvgIpc) is 2.72. The molecule has 7 nitrogen and oxygen atoms in total. The topological polar surface area (TPSA) is 100 Å². The third kappa shape index (κ3) is 7.15. The van der Waals surface area contributed by atoms with Crippen molar-refractivity contribution in [2.45, 2.75) is 18.9 Å². The lowest BCUT2D eigenvalue weighted by atomic mass is 10.0. The summed E-state index contributed by atoms with van der Waals surface area (Å²) < 4.78 is 39.0. The van der Waals surface area contributed by atoms with E-state index in [1.165, 1.54) is 24.3 Å². The van der Waals surface area contributed by atoms with Crippen molar-refractivity contribution in [3.63, 3.8) is 0 Å². The number of aromatic nitrogens is 1. The minimum absolute atomic E-state index is 0.0954. The Labute approximate surface area is 191 Å². The predicted molar refractivity (Wildman–Crippen MR) is 125 cm³/mol. The standard InChI is InChI=1S/C22H24ClFN4O3S/c1-32(30,31)28-20(15-3-6-17(24)7-4-15)14-22(29)27-11-2-10-25-19-9-12-26-21-13-16(23)5-8-18(19)21/h3-9,12-13,20,28H,2,10-11,14H2,1H3,(H,25,26)(H,27,29). The zero-order valence-electron chi connectivity index (χ0n) is 17.4. The summed E-state index contributed by atoms with van der Waals surface area (Å²) in [4.78, 5) is 16.7. The van der Waals surface area contributed by atoms with E-state index in [2.05, 4.69) is 20.3 Å². The number of nitrogens with zero attached hydrogens (tertiary/aromatic N) is 1. The number of carbonyl (C=O) groups excluding carboxylic acids is 1. The first-order valence-corrected chi connectivity index (χ1v) is 12.3. The van der Waals surface area contributed by atoms with Crippen molar-refractivity contribution in [1.82, 2.24) is 15.0 Å². The number of anilines is 1. The highest BCUT2D eigenvalue weighted by Gasteiger charge is 2.19. The van der Waals surface area contributed by atoms with Crippen LogP contribution in [0.2, 0.25) is 5.02 Å². The van der Waals surface area contributed by atoms with Crippen LogP contribution in [0.1, 0.15) is 24.4 Å². The molecule has 3 rings (SSSR count). The first-order valence-electron chi connectivity index (χ1n) is 9.99. The summed E-state index contributed by atoms with van der Waals surface area (Å²) in [6.45, 7) is 1.03. The summed E-state index contributed by atoms with van der Waals surface area (Å²) >= 11 is 6.01. The van der Waals surface area contributed by atoms with Crippen LogP contribution in [0.4, 0.5) is 10.1 Å². The molecule has 0 aliphatic heterocycles. The molecule has 1 atom stereocenters. The Hall–Kier alpha value is -2.75. The fourth-order valence-corrected chi connectivity index (χ4v) is 4.16. The molecule has 3 N–H and O–H groups in total. The first kappa shape index (κ1) is 23.9. The number of hydrogen-bond acceptors (Lipinski definition) is 5. The van der Waals surface area contributed by atoms with E-state index in [4.69, 9.17) is 11.6 Å². The maximum atomic E-state index is 13.2. The van der Waals surface area contributed by atoms with Gasteiger partial charge in [-0.2, -0.15) is 0 Å². The minimum atomic E-state index is -3.55. The normalized spacial score (nSPS) is 12.5. The molecule has 1 aromatic heterocycles. The molecule has 0 saturated heterocycles. The van der Waals surface area contributed by atoms with Crippen LogP contribution in [0.3, 0.4) is 0 Å². The lowest BCUT2D eigenvalue weighted by molar-refractivity contribution is -0.121. The van der Waals surface area contributed by atoms with Gasteiger partial charge in [0.1, 0.15) is 5.82 Å². The quantitative estimate of drug-likeness (QED) is 0.386. The summed E-state index contributed by atoms with van der Waals surface area (Å²) in [6, 6.07) is 12.0. The fraction of sp³-hybridized carbons (Fsp3) is 0.273. The van der Waals surface area contributed by atoms with Crippen molar-refractivity contribution in [2.75, 3.05) is 24.7 Å². The summed E-state index contributed by atoms with van der Waals surface area (Å²) in [5.74, 6) is -0.742. The van der Waals surface area contributed by atoms with Crippen LogP contribution >= 0.6 is 11.6 Å². The number of hydrogen-bond donors (Lipinski definition) is 3. The first-order chi connectivity index (χ1) is 15.2. The van der Waals surface area contributed by atoms with Gasteiger partial charge in [-0.05, 0) is 48.4 Å². The molecule has 0 fully saturated rings. The zero-order valence-corrected chi connectivity index (χ0v) is 19.0. The van der Waals surface area contributed by atoms with E-state index in [1.807, 2.05) is 12.1 Å². The molecule has 3 aromatic rings. The Morgan fingerprint density at radius 2 is 1.88 bits per heavy atom. The van der Waals surface area contributed by atoms with E-state index >= 15 is 0 Å². The van der Waals surface area contributed by atoms with Gasteiger partial charge >= 0.3 is 0 Å². The molecule has 1 amide bonds. The Morgan fingerprint density at radius 1 is 1.12 bits per heavy atom. The van der Waals surface area contributed by atoms with E-state index in [1.54, 1.807) is 18.3 Å². The third-order valence-corrected chi connectivity index (χ3v) is 5.66. The Balaban J connectivity index is 1.50. The summed E-state index contributed by atoms with van der Waals surface area (Å²) in [6.07, 6.45) is 3.28. The van der Waals surface area contributed by atoms with Crippen molar-refractivity contribution in [2.24, 2.45) is 0 Å². The second-order valence-electron chi connectivity index (χ2n) is 7.35. The molecule has 1 unspecified atom stereocenters. The molecule has 1 heterocycles. The number of sulfonamides is 1. The molecule has 0 spiro atoms. The summed E-state index contributed by atoms with van der Waals surface area (Å²) in [7, 11) is -3.55. The Bertz CT molecular complexity index is 1190. The van der Waals surface area contributed by atoms with Gasteiger partial charge in [-0.25, -0.2) is 17.5 Å². The number of rotatable bonds is 10. The number of amides is 1. The van der Waals surface area contributed by atoms with Crippen LogP contribution in [-0.4, -0.2) is 38.7 Å². The van der Waals surface area contributed by atoms with Gasteiger partial charge < -0.3 is 10.6 Å². The van der Waals surface area contributed by atoms with E-state index in [0.29, 0.717) is 30.1 Å². The van der Waals surface area contributed by atoms with Gasteiger partial charge in [-0.1, -0.05) is 23.7 Å². The molecule has 2 aromatic carbocycles. The molecule has 0 bridgehead atoms. The molecule has 0 aliphatic carbocycles. The van der Waals surface area contributed by atoms with E-state index in [9.17, 15) is 17.6 Å². The smallest absolute Gasteiger partial charge is 0.221 e. The van der Waals surface area contributed by atoms with Gasteiger partial charge in [0.2, 0.25) is 15.9 Å². The van der Waals surface area contributed by atoms with Gasteiger partial charge in [0.15, 0.2) is 0 Å². The van der Waals surface area contributed by atoms with Crippen LogP contribution in [0.25, 0.3) is 10.9 Å². The van der Waals surface area contributed by atoms with Crippen molar-refractivity contribution in [3.8, 4) is 0 Å². The SMILES string of the molecule is CS(=O)(=O)NC(CC(=O)NCCCNc1ccnc2cc(Cl)ccc12)c1ccc(F)cc1. The van der Waals surface area contributed by atoms with E-state index in [0.717, 1.165) is 22.8 Å². The molecular formula is C22H24ClFN4O3S. The zero-order chi connectivity index (χ0) is 23.1. The molecule has 170 valence electrons. The van der Waals surface area contributed by atoms with Crippen LogP contribution in [0.15, 0.2) is 54.7 Å². The minimum Gasteiger partial charge on any atom is -0.384 e. The van der Waals surface area contributed by atoms with Crippen molar-refractivity contribution in [1.29, 1.82) is 0 Å². The largest absolute Gasteiger partial charge is 0.384 e. The van der Waals surface area contributed by atoms with Crippen molar-refractivity contribution in [3.05, 3.63) is 71.1 Å². The van der Waals surface area contributed by atoms with Gasteiger partial charge in [-0.15, -0.1) is 0 Å². The van der Waals surface area contributed by atoms with Crippen LogP contribution in [0.5, 0.6) is 0 Å². The van der Waals surface area contributed by atoms with Gasteiger partial charge in [-0.3, -0.25) is 9.78 Å². The van der Waals surface area contributed by atoms with Crippen LogP contribution in [-0.2, 0) is 14.8 Å². The van der Waals surface area contributed by atoms with Crippen LogP contribution < -0.4 is 15.4 Å². The molecule has 32 heavy (non-hydrogen) atoms. The highest BCUT2D eigenvalue weighted by Crippen LogP contribution is 2.24. The maximum Gasteiger partial charge on any atom is 0.221 e. The molecule has 0 saturated carbocycles. The average molecular weight is 479 g/mol. The lowest BCUT2D eigenvalue weighted by Crippen LogP contribution is -2.33. The third-order valence-electron chi connectivity index (χ3n) is 4.71. The number of pyridine rings is 1. The number of nitrogens with one attached hydrogen (secondary N) is 3.